The molecule has 2 atom stereocenters. The second-order valence-corrected chi connectivity index (χ2v) is 5.52. The maximum atomic E-state index is 12.3. The lowest BCUT2D eigenvalue weighted by Crippen LogP contribution is -2.39. The van der Waals surface area contributed by atoms with Gasteiger partial charge in [0.2, 0.25) is 0 Å². The Kier molecular flexibility index (Phi) is 6.84. The SMILES string of the molecule is CC(=O)c1cccc(OC(C)C(=O)N2CCC(CN)C2)c1.Cl. The number of nitrogens with two attached hydrogens (primary N) is 1. The highest BCUT2D eigenvalue weighted by Crippen LogP contribution is 2.19. The molecule has 1 aliphatic heterocycles. The van der Waals surface area contributed by atoms with Crippen LogP contribution in [0, 0.1) is 5.92 Å². The third kappa shape index (κ3) is 4.45. The van der Waals surface area contributed by atoms with Crippen molar-refractivity contribution in [2.75, 3.05) is 19.6 Å². The molecule has 6 heteroatoms. The number of nitrogens with zero attached hydrogens (tertiary/aromatic N) is 1. The zero-order valence-corrected chi connectivity index (χ0v) is 13.8. The van der Waals surface area contributed by atoms with Crippen molar-refractivity contribution in [1.82, 2.24) is 4.90 Å². The molecule has 1 amide bonds. The van der Waals surface area contributed by atoms with Gasteiger partial charge in [0.05, 0.1) is 0 Å². The molecule has 1 aromatic rings. The van der Waals surface area contributed by atoms with Gasteiger partial charge in [-0.1, -0.05) is 12.1 Å². The van der Waals surface area contributed by atoms with E-state index in [2.05, 4.69) is 0 Å². The summed E-state index contributed by atoms with van der Waals surface area (Å²) in [4.78, 5) is 25.5. The molecule has 1 fully saturated rings. The summed E-state index contributed by atoms with van der Waals surface area (Å²) in [5.74, 6) is 0.879. The van der Waals surface area contributed by atoms with Crippen LogP contribution in [0.3, 0.4) is 0 Å². The van der Waals surface area contributed by atoms with Crippen molar-refractivity contribution in [1.29, 1.82) is 0 Å². The van der Waals surface area contributed by atoms with E-state index < -0.39 is 6.10 Å². The van der Waals surface area contributed by atoms with E-state index in [1.807, 2.05) is 0 Å². The summed E-state index contributed by atoms with van der Waals surface area (Å²) in [6.07, 6.45) is 0.387. The van der Waals surface area contributed by atoms with Crippen molar-refractivity contribution in [3.8, 4) is 5.75 Å². The van der Waals surface area contributed by atoms with Crippen LogP contribution in [0.4, 0.5) is 0 Å². The first-order chi connectivity index (χ1) is 10.0. The minimum Gasteiger partial charge on any atom is -0.481 e. The molecule has 1 aromatic carbocycles. The Labute approximate surface area is 137 Å². The molecule has 1 heterocycles. The lowest BCUT2D eigenvalue weighted by molar-refractivity contribution is -0.136. The van der Waals surface area contributed by atoms with Gasteiger partial charge in [0.15, 0.2) is 11.9 Å². The average molecular weight is 327 g/mol. The van der Waals surface area contributed by atoms with Crippen LogP contribution < -0.4 is 10.5 Å². The number of amides is 1. The lowest BCUT2D eigenvalue weighted by Gasteiger charge is -2.22. The molecule has 0 spiro atoms. The summed E-state index contributed by atoms with van der Waals surface area (Å²) in [7, 11) is 0. The molecule has 5 nitrogen and oxygen atoms in total. The van der Waals surface area contributed by atoms with E-state index in [4.69, 9.17) is 10.5 Å². The number of benzene rings is 1. The number of likely N-dealkylation sites (tertiary alicyclic amines) is 1. The highest BCUT2D eigenvalue weighted by molar-refractivity contribution is 5.94. The van der Waals surface area contributed by atoms with Crippen LogP contribution in [-0.2, 0) is 4.79 Å². The minimum atomic E-state index is -0.566. The molecule has 122 valence electrons. The predicted octanol–water partition coefficient (Wildman–Crippen LogP) is 1.89. The van der Waals surface area contributed by atoms with Gasteiger partial charge in [-0.05, 0) is 44.9 Å². The molecule has 0 aliphatic carbocycles. The van der Waals surface area contributed by atoms with Gasteiger partial charge in [0, 0.05) is 18.7 Å². The zero-order chi connectivity index (χ0) is 15.4. The van der Waals surface area contributed by atoms with Gasteiger partial charge in [0.1, 0.15) is 5.75 Å². The first-order valence-corrected chi connectivity index (χ1v) is 7.27. The van der Waals surface area contributed by atoms with Gasteiger partial charge in [-0.2, -0.15) is 0 Å². The molecule has 2 N–H and O–H groups in total. The summed E-state index contributed by atoms with van der Waals surface area (Å²) in [5, 5.41) is 0. The maximum Gasteiger partial charge on any atom is 0.263 e. The fourth-order valence-electron chi connectivity index (χ4n) is 2.53. The van der Waals surface area contributed by atoms with Crippen molar-refractivity contribution in [2.45, 2.75) is 26.4 Å². The summed E-state index contributed by atoms with van der Waals surface area (Å²) in [6, 6.07) is 6.90. The molecule has 2 unspecified atom stereocenters. The smallest absolute Gasteiger partial charge is 0.263 e. The number of halogens is 1. The van der Waals surface area contributed by atoms with Crippen molar-refractivity contribution in [2.24, 2.45) is 11.7 Å². The average Bonchev–Trinajstić information content (AvgIpc) is 2.95. The fourth-order valence-corrected chi connectivity index (χ4v) is 2.53. The Morgan fingerprint density at radius 2 is 2.18 bits per heavy atom. The summed E-state index contributed by atoms with van der Waals surface area (Å²) < 4.78 is 5.67. The Morgan fingerprint density at radius 3 is 2.77 bits per heavy atom. The highest BCUT2D eigenvalue weighted by Gasteiger charge is 2.29. The number of carbonyl (C=O) groups excluding carboxylic acids is 2. The number of Topliss-reactive ketones (excluding diaryl/α,β-unsaturated/α-hetero) is 1. The molecule has 1 aliphatic rings. The quantitative estimate of drug-likeness (QED) is 0.839. The van der Waals surface area contributed by atoms with Gasteiger partial charge in [-0.15, -0.1) is 12.4 Å². The van der Waals surface area contributed by atoms with E-state index >= 15 is 0 Å². The van der Waals surface area contributed by atoms with Gasteiger partial charge >= 0.3 is 0 Å². The van der Waals surface area contributed by atoms with Gasteiger partial charge < -0.3 is 15.4 Å². The van der Waals surface area contributed by atoms with E-state index in [0.29, 0.717) is 30.3 Å². The lowest BCUT2D eigenvalue weighted by atomic mass is 10.1. The molecule has 0 aromatic heterocycles. The summed E-state index contributed by atoms with van der Waals surface area (Å²) in [5.41, 5.74) is 6.22. The Morgan fingerprint density at radius 1 is 1.45 bits per heavy atom. The van der Waals surface area contributed by atoms with Gasteiger partial charge in [-0.25, -0.2) is 0 Å². The monoisotopic (exact) mass is 326 g/mol. The zero-order valence-electron chi connectivity index (χ0n) is 13.0. The Hall–Kier alpha value is -1.59. The van der Waals surface area contributed by atoms with Crippen molar-refractivity contribution in [3.63, 3.8) is 0 Å². The van der Waals surface area contributed by atoms with Crippen molar-refractivity contribution < 1.29 is 14.3 Å². The molecule has 0 radical (unpaired) electrons. The molecule has 1 saturated heterocycles. The summed E-state index contributed by atoms with van der Waals surface area (Å²) >= 11 is 0. The van der Waals surface area contributed by atoms with Crippen LogP contribution in [0.1, 0.15) is 30.6 Å². The van der Waals surface area contributed by atoms with Crippen molar-refractivity contribution >= 4 is 24.1 Å². The maximum absolute atomic E-state index is 12.3. The number of ketones is 1. The van der Waals surface area contributed by atoms with Crippen LogP contribution in [0.2, 0.25) is 0 Å². The van der Waals surface area contributed by atoms with E-state index in [-0.39, 0.29) is 24.1 Å². The Bertz CT molecular complexity index is 536. The van der Waals surface area contributed by atoms with Gasteiger partial charge in [0.25, 0.3) is 5.91 Å². The second kappa shape index (κ2) is 8.15. The molecule has 22 heavy (non-hydrogen) atoms. The third-order valence-corrected chi connectivity index (χ3v) is 3.83. The van der Waals surface area contributed by atoms with E-state index in [0.717, 1.165) is 13.0 Å². The van der Waals surface area contributed by atoms with Crippen LogP contribution >= 0.6 is 12.4 Å². The molecular formula is C16H23ClN2O3. The topological polar surface area (TPSA) is 72.6 Å². The molecular weight excluding hydrogens is 304 g/mol. The van der Waals surface area contributed by atoms with Gasteiger partial charge in [-0.3, -0.25) is 9.59 Å². The Balaban J connectivity index is 0.00000242. The third-order valence-electron chi connectivity index (χ3n) is 3.83. The molecule has 2 rings (SSSR count). The molecule has 0 saturated carbocycles. The van der Waals surface area contributed by atoms with E-state index in [1.54, 1.807) is 36.1 Å². The number of carbonyl (C=O) groups is 2. The minimum absolute atomic E-state index is 0. The number of hydrogen-bond donors (Lipinski definition) is 1. The highest BCUT2D eigenvalue weighted by atomic mass is 35.5. The number of ether oxygens (including phenoxy) is 1. The second-order valence-electron chi connectivity index (χ2n) is 5.52. The standard InChI is InChI=1S/C16H22N2O3.ClH/c1-11(19)14-4-3-5-15(8-14)21-12(2)16(20)18-7-6-13(9-17)10-18;/h3-5,8,12-13H,6-7,9-10,17H2,1-2H3;1H. The van der Waals surface area contributed by atoms with Crippen molar-refractivity contribution in [3.05, 3.63) is 29.8 Å². The first-order valence-electron chi connectivity index (χ1n) is 7.27. The first kappa shape index (κ1) is 18.5. The molecule has 0 bridgehead atoms. The van der Waals surface area contributed by atoms with E-state index in [9.17, 15) is 9.59 Å². The summed E-state index contributed by atoms with van der Waals surface area (Å²) in [6.45, 7) is 5.29. The van der Waals surface area contributed by atoms with Crippen LogP contribution in [0.5, 0.6) is 5.75 Å². The van der Waals surface area contributed by atoms with E-state index in [1.165, 1.54) is 6.92 Å². The van der Waals surface area contributed by atoms with Crippen LogP contribution in [-0.4, -0.2) is 42.3 Å². The largest absolute Gasteiger partial charge is 0.481 e. The van der Waals surface area contributed by atoms with Crippen LogP contribution in [0.25, 0.3) is 0 Å². The number of rotatable bonds is 5. The fraction of sp³-hybridized carbons (Fsp3) is 0.500. The van der Waals surface area contributed by atoms with Crippen LogP contribution in [0.15, 0.2) is 24.3 Å². The predicted molar refractivity (Wildman–Crippen MR) is 87.5 cm³/mol. The normalized spacial score (nSPS) is 18.5. The number of hydrogen-bond acceptors (Lipinski definition) is 4.